The maximum absolute atomic E-state index is 13.5. The summed E-state index contributed by atoms with van der Waals surface area (Å²) in [5.41, 5.74) is 0.307. The lowest BCUT2D eigenvalue weighted by molar-refractivity contribution is -0.0284. The summed E-state index contributed by atoms with van der Waals surface area (Å²) in [6.45, 7) is 4.64. The number of aliphatic hydroxyl groups is 1. The first-order valence-electron chi connectivity index (χ1n) is 9.26. The number of nitrogens with zero attached hydrogens (tertiary/aromatic N) is 3. The van der Waals surface area contributed by atoms with Crippen LogP contribution in [-0.4, -0.2) is 73.3 Å². The van der Waals surface area contributed by atoms with Crippen LogP contribution in [0.15, 0.2) is 23.2 Å². The largest absolute Gasteiger partial charge is 0.496 e. The number of hydrogen-bond acceptors (Lipinski definition) is 4. The van der Waals surface area contributed by atoms with Gasteiger partial charge in [-0.2, -0.15) is 0 Å². The molecule has 152 valence electrons. The van der Waals surface area contributed by atoms with Crippen LogP contribution in [0.5, 0.6) is 5.75 Å². The predicted octanol–water partition coefficient (Wildman–Crippen LogP) is 2.06. The Morgan fingerprint density at radius 3 is 2.56 bits per heavy atom. The summed E-state index contributed by atoms with van der Waals surface area (Å²) >= 11 is 0. The number of rotatable bonds is 5. The summed E-state index contributed by atoms with van der Waals surface area (Å²) < 4.78 is 18.9. The number of halogens is 2. The third kappa shape index (κ3) is 5.68. The molecule has 1 saturated heterocycles. The van der Waals surface area contributed by atoms with Crippen LogP contribution in [0.25, 0.3) is 0 Å². The minimum absolute atomic E-state index is 0. The fourth-order valence-electron chi connectivity index (χ4n) is 3.57. The SMILES string of the molecule is CN=C(NCC1(O)CCC1)N1CCN(Cc2cc(F)ccc2OC)CC1.I. The molecule has 2 aliphatic rings. The van der Waals surface area contributed by atoms with Crippen molar-refractivity contribution in [3.8, 4) is 5.75 Å². The Balaban J connectivity index is 0.00000261. The van der Waals surface area contributed by atoms with E-state index in [1.807, 2.05) is 0 Å². The van der Waals surface area contributed by atoms with E-state index in [4.69, 9.17) is 4.74 Å². The zero-order valence-corrected chi connectivity index (χ0v) is 18.4. The van der Waals surface area contributed by atoms with Gasteiger partial charge < -0.3 is 20.1 Å². The number of piperazine rings is 1. The van der Waals surface area contributed by atoms with Crippen molar-refractivity contribution in [3.05, 3.63) is 29.6 Å². The Morgan fingerprint density at radius 2 is 2.00 bits per heavy atom. The second-order valence-electron chi connectivity index (χ2n) is 7.20. The van der Waals surface area contributed by atoms with Gasteiger partial charge in [-0.3, -0.25) is 9.89 Å². The summed E-state index contributed by atoms with van der Waals surface area (Å²) in [7, 11) is 3.39. The molecule has 2 fully saturated rings. The number of guanidine groups is 1. The third-order valence-electron chi connectivity index (χ3n) is 5.38. The average Bonchev–Trinajstić information content (AvgIpc) is 2.62. The Hall–Kier alpha value is -1.13. The van der Waals surface area contributed by atoms with E-state index >= 15 is 0 Å². The Labute approximate surface area is 177 Å². The van der Waals surface area contributed by atoms with Crippen LogP contribution in [0.1, 0.15) is 24.8 Å². The molecule has 6 nitrogen and oxygen atoms in total. The fraction of sp³-hybridized carbons (Fsp3) is 0.632. The summed E-state index contributed by atoms with van der Waals surface area (Å²) in [5, 5.41) is 13.6. The molecule has 0 aromatic heterocycles. The molecule has 0 radical (unpaired) electrons. The summed E-state index contributed by atoms with van der Waals surface area (Å²) in [4.78, 5) is 8.86. The molecule has 1 heterocycles. The first-order valence-corrected chi connectivity index (χ1v) is 9.26. The van der Waals surface area contributed by atoms with Crippen molar-refractivity contribution in [3.63, 3.8) is 0 Å². The molecular formula is C19H30FIN4O2. The molecule has 0 atom stereocenters. The van der Waals surface area contributed by atoms with Gasteiger partial charge in [0.1, 0.15) is 11.6 Å². The molecule has 1 aromatic rings. The van der Waals surface area contributed by atoms with E-state index in [0.29, 0.717) is 13.1 Å². The van der Waals surface area contributed by atoms with Crippen molar-refractivity contribution in [2.24, 2.45) is 4.99 Å². The van der Waals surface area contributed by atoms with E-state index in [0.717, 1.165) is 62.7 Å². The normalized spacial score (nSPS) is 19.9. The van der Waals surface area contributed by atoms with E-state index in [-0.39, 0.29) is 29.8 Å². The highest BCUT2D eigenvalue weighted by atomic mass is 127. The molecule has 1 aliphatic heterocycles. The molecular weight excluding hydrogens is 462 g/mol. The standard InChI is InChI=1S/C19H29FN4O2.HI/c1-21-18(22-14-19(25)6-3-7-19)24-10-8-23(9-11-24)13-15-12-16(20)4-5-17(15)26-2;/h4-5,12,25H,3,6-11,13-14H2,1-2H3,(H,21,22);1H. The van der Waals surface area contributed by atoms with E-state index < -0.39 is 5.60 Å². The van der Waals surface area contributed by atoms with Crippen molar-refractivity contribution in [2.75, 3.05) is 46.9 Å². The zero-order valence-electron chi connectivity index (χ0n) is 16.1. The molecule has 1 aromatic carbocycles. The smallest absolute Gasteiger partial charge is 0.193 e. The van der Waals surface area contributed by atoms with Crippen molar-refractivity contribution >= 4 is 29.9 Å². The first kappa shape index (κ1) is 22.2. The molecule has 1 aliphatic carbocycles. The van der Waals surface area contributed by atoms with Gasteiger partial charge in [0.2, 0.25) is 0 Å². The van der Waals surface area contributed by atoms with E-state index in [1.54, 1.807) is 26.3 Å². The molecule has 0 spiro atoms. The molecule has 3 rings (SSSR count). The monoisotopic (exact) mass is 492 g/mol. The number of aliphatic imine (C=N–C) groups is 1. The van der Waals surface area contributed by atoms with Crippen molar-refractivity contribution in [1.29, 1.82) is 0 Å². The molecule has 2 N–H and O–H groups in total. The Kier molecular flexibility index (Phi) is 8.11. The fourth-order valence-corrected chi connectivity index (χ4v) is 3.57. The van der Waals surface area contributed by atoms with Crippen LogP contribution in [0.4, 0.5) is 4.39 Å². The van der Waals surface area contributed by atoms with Crippen molar-refractivity contribution < 1.29 is 14.2 Å². The van der Waals surface area contributed by atoms with Crippen molar-refractivity contribution in [2.45, 2.75) is 31.4 Å². The van der Waals surface area contributed by atoms with Gasteiger partial charge in [0.05, 0.1) is 12.7 Å². The minimum atomic E-state index is -0.564. The number of benzene rings is 1. The average molecular weight is 492 g/mol. The highest BCUT2D eigenvalue weighted by Gasteiger charge is 2.34. The lowest BCUT2D eigenvalue weighted by Gasteiger charge is -2.40. The maximum Gasteiger partial charge on any atom is 0.193 e. The first-order chi connectivity index (χ1) is 12.5. The zero-order chi connectivity index (χ0) is 18.6. The molecule has 27 heavy (non-hydrogen) atoms. The third-order valence-corrected chi connectivity index (χ3v) is 5.38. The van der Waals surface area contributed by atoms with Crippen LogP contribution in [0.3, 0.4) is 0 Å². The Bertz CT molecular complexity index is 647. The molecule has 1 saturated carbocycles. The maximum atomic E-state index is 13.5. The van der Waals surface area contributed by atoms with Gasteiger partial charge in [-0.1, -0.05) is 0 Å². The van der Waals surface area contributed by atoms with Crippen LogP contribution < -0.4 is 10.1 Å². The van der Waals surface area contributed by atoms with Gasteiger partial charge in [0.15, 0.2) is 5.96 Å². The summed E-state index contributed by atoms with van der Waals surface area (Å²) in [5.74, 6) is 1.33. The molecule has 0 amide bonds. The van der Waals surface area contributed by atoms with Gasteiger partial charge in [-0.25, -0.2) is 4.39 Å². The highest BCUT2D eigenvalue weighted by molar-refractivity contribution is 14.0. The van der Waals surface area contributed by atoms with Crippen LogP contribution in [-0.2, 0) is 6.54 Å². The summed E-state index contributed by atoms with van der Waals surface area (Å²) in [6, 6.07) is 4.65. The number of methoxy groups -OCH3 is 1. The van der Waals surface area contributed by atoms with Crippen molar-refractivity contribution in [1.82, 2.24) is 15.1 Å². The van der Waals surface area contributed by atoms with Gasteiger partial charge in [0, 0.05) is 51.9 Å². The lowest BCUT2D eigenvalue weighted by Crippen LogP contribution is -2.55. The lowest BCUT2D eigenvalue weighted by atomic mass is 9.80. The molecule has 0 unspecified atom stereocenters. The second kappa shape index (κ2) is 9.88. The second-order valence-corrected chi connectivity index (χ2v) is 7.20. The Morgan fingerprint density at radius 1 is 1.30 bits per heavy atom. The quantitative estimate of drug-likeness (QED) is 0.375. The highest BCUT2D eigenvalue weighted by Crippen LogP contribution is 2.30. The van der Waals surface area contributed by atoms with Gasteiger partial charge in [0.25, 0.3) is 0 Å². The topological polar surface area (TPSA) is 60.3 Å². The minimum Gasteiger partial charge on any atom is -0.496 e. The summed E-state index contributed by atoms with van der Waals surface area (Å²) in [6.07, 6.45) is 2.82. The molecule has 8 heteroatoms. The predicted molar refractivity (Wildman–Crippen MR) is 115 cm³/mol. The van der Waals surface area contributed by atoms with Gasteiger partial charge in [-0.15, -0.1) is 24.0 Å². The van der Waals surface area contributed by atoms with E-state index in [2.05, 4.69) is 20.1 Å². The number of ether oxygens (including phenoxy) is 1. The van der Waals surface area contributed by atoms with Crippen LogP contribution in [0.2, 0.25) is 0 Å². The van der Waals surface area contributed by atoms with Gasteiger partial charge in [-0.05, 0) is 37.5 Å². The van der Waals surface area contributed by atoms with E-state index in [9.17, 15) is 9.50 Å². The van der Waals surface area contributed by atoms with E-state index in [1.165, 1.54) is 6.07 Å². The number of nitrogens with one attached hydrogen (secondary N) is 1. The van der Waals surface area contributed by atoms with Crippen LogP contribution in [0, 0.1) is 5.82 Å². The molecule has 0 bridgehead atoms. The number of hydrogen-bond donors (Lipinski definition) is 2. The van der Waals surface area contributed by atoms with Gasteiger partial charge >= 0.3 is 0 Å². The van der Waals surface area contributed by atoms with Crippen LogP contribution >= 0.6 is 24.0 Å².